The zero-order chi connectivity index (χ0) is 16.4. The van der Waals surface area contributed by atoms with E-state index in [9.17, 15) is 0 Å². The van der Waals surface area contributed by atoms with E-state index >= 15 is 0 Å². The normalized spacial score (nSPS) is 18.7. The molecule has 0 saturated carbocycles. The summed E-state index contributed by atoms with van der Waals surface area (Å²) < 4.78 is 2.08. The van der Waals surface area contributed by atoms with Crippen molar-refractivity contribution in [3.05, 3.63) is 40.5 Å². The number of halogens is 1. The molecule has 1 aromatic carbocycles. The molecule has 2 aliphatic rings. The lowest BCUT2D eigenvalue weighted by Crippen LogP contribution is -2.29. The van der Waals surface area contributed by atoms with Crippen molar-refractivity contribution < 1.29 is 0 Å². The Morgan fingerprint density at radius 2 is 1.79 bits per heavy atom. The lowest BCUT2D eigenvalue weighted by atomic mass is 10.1. The smallest absolute Gasteiger partial charge is 0.133 e. The molecular formula is C19H25ClN4. The summed E-state index contributed by atoms with van der Waals surface area (Å²) in [7, 11) is 0. The molecule has 2 aromatic rings. The lowest BCUT2D eigenvalue weighted by Gasteiger charge is -2.25. The van der Waals surface area contributed by atoms with Crippen LogP contribution >= 0.6 is 11.6 Å². The molecule has 1 saturated heterocycles. The number of nitrogens with zero attached hydrogens (tertiary/aromatic N) is 3. The van der Waals surface area contributed by atoms with Crippen LogP contribution in [0.4, 0.5) is 5.82 Å². The summed E-state index contributed by atoms with van der Waals surface area (Å²) in [6.07, 6.45) is 7.59. The first kappa shape index (κ1) is 16.0. The van der Waals surface area contributed by atoms with Crippen LogP contribution in [0.2, 0.25) is 5.02 Å². The second-order valence-corrected chi connectivity index (χ2v) is 7.32. The summed E-state index contributed by atoms with van der Waals surface area (Å²) in [6.45, 7) is 4.41. The first-order valence-corrected chi connectivity index (χ1v) is 9.52. The van der Waals surface area contributed by atoms with Crippen LogP contribution in [0.5, 0.6) is 0 Å². The number of rotatable bonds is 3. The molecule has 0 bridgehead atoms. The van der Waals surface area contributed by atoms with E-state index in [1.165, 1.54) is 62.3 Å². The number of likely N-dealkylation sites (tertiary alicyclic amines) is 1. The molecule has 0 aliphatic carbocycles. The van der Waals surface area contributed by atoms with Crippen LogP contribution in [0.25, 0.3) is 5.69 Å². The van der Waals surface area contributed by atoms with Gasteiger partial charge >= 0.3 is 0 Å². The summed E-state index contributed by atoms with van der Waals surface area (Å²) in [4.78, 5) is 2.56. The topological polar surface area (TPSA) is 33.1 Å². The Hall–Kier alpha value is -1.52. The Kier molecular flexibility index (Phi) is 4.76. The summed E-state index contributed by atoms with van der Waals surface area (Å²) in [5.74, 6) is 1.18. The predicted molar refractivity (Wildman–Crippen MR) is 99.1 cm³/mol. The Balaban J connectivity index is 1.69. The van der Waals surface area contributed by atoms with Crippen LogP contribution in [0.3, 0.4) is 0 Å². The minimum Gasteiger partial charge on any atom is -0.370 e. The third-order valence-electron chi connectivity index (χ3n) is 5.11. The maximum Gasteiger partial charge on any atom is 0.133 e. The minimum absolute atomic E-state index is 0.762. The van der Waals surface area contributed by atoms with Crippen molar-refractivity contribution in [3.8, 4) is 5.69 Å². The van der Waals surface area contributed by atoms with Crippen molar-refractivity contribution in [2.45, 2.75) is 45.1 Å². The third kappa shape index (κ3) is 3.31. The zero-order valence-corrected chi connectivity index (χ0v) is 14.9. The van der Waals surface area contributed by atoms with E-state index in [1.807, 2.05) is 24.3 Å². The molecule has 5 heteroatoms. The second-order valence-electron chi connectivity index (χ2n) is 6.88. The first-order valence-electron chi connectivity index (χ1n) is 9.14. The van der Waals surface area contributed by atoms with E-state index in [-0.39, 0.29) is 0 Å². The second kappa shape index (κ2) is 7.16. The molecular weight excluding hydrogens is 320 g/mol. The average Bonchev–Trinajstić information content (AvgIpc) is 2.79. The fourth-order valence-corrected chi connectivity index (χ4v) is 3.92. The monoisotopic (exact) mass is 344 g/mol. The number of hydrogen-bond donors (Lipinski definition) is 1. The van der Waals surface area contributed by atoms with Gasteiger partial charge in [-0.25, -0.2) is 4.68 Å². The van der Waals surface area contributed by atoms with Gasteiger partial charge in [-0.1, -0.05) is 18.0 Å². The highest BCUT2D eigenvalue weighted by Gasteiger charge is 2.22. The molecule has 3 heterocycles. The fraction of sp³-hybridized carbons (Fsp3) is 0.526. The van der Waals surface area contributed by atoms with Gasteiger partial charge in [0.25, 0.3) is 0 Å². The Labute approximate surface area is 148 Å². The molecule has 0 unspecified atom stereocenters. The summed E-state index contributed by atoms with van der Waals surface area (Å²) in [5.41, 5.74) is 3.74. The maximum absolute atomic E-state index is 6.05. The third-order valence-corrected chi connectivity index (χ3v) is 5.36. The van der Waals surface area contributed by atoms with Crippen LogP contribution in [-0.2, 0) is 13.0 Å². The molecule has 0 amide bonds. The molecule has 1 fully saturated rings. The quantitative estimate of drug-likeness (QED) is 0.903. The highest BCUT2D eigenvalue weighted by molar-refractivity contribution is 6.30. The van der Waals surface area contributed by atoms with Crippen LogP contribution in [-0.4, -0.2) is 34.3 Å². The van der Waals surface area contributed by atoms with Gasteiger partial charge in [0.05, 0.1) is 11.4 Å². The molecule has 0 spiro atoms. The van der Waals surface area contributed by atoms with Crippen molar-refractivity contribution >= 4 is 17.4 Å². The molecule has 1 N–H and O–H groups in total. The van der Waals surface area contributed by atoms with Gasteiger partial charge in [0.2, 0.25) is 0 Å². The van der Waals surface area contributed by atoms with Gasteiger partial charge in [-0.15, -0.1) is 0 Å². The predicted octanol–water partition coefficient (Wildman–Crippen LogP) is 4.26. The van der Waals surface area contributed by atoms with Gasteiger partial charge in [-0.05, 0) is 69.5 Å². The number of piperidine rings is 1. The molecule has 4 nitrogen and oxygen atoms in total. The number of aromatic nitrogens is 2. The molecule has 24 heavy (non-hydrogen) atoms. The number of fused-ring (bicyclic) bond motifs is 1. The fourth-order valence-electron chi connectivity index (χ4n) is 3.80. The van der Waals surface area contributed by atoms with E-state index in [4.69, 9.17) is 16.7 Å². The summed E-state index contributed by atoms with van der Waals surface area (Å²) in [6, 6.07) is 7.97. The van der Waals surface area contributed by atoms with Crippen molar-refractivity contribution in [1.29, 1.82) is 0 Å². The number of anilines is 1. The van der Waals surface area contributed by atoms with Crippen molar-refractivity contribution in [3.63, 3.8) is 0 Å². The van der Waals surface area contributed by atoms with E-state index in [1.54, 1.807) is 0 Å². The Morgan fingerprint density at radius 1 is 1.00 bits per heavy atom. The number of benzene rings is 1. The van der Waals surface area contributed by atoms with E-state index in [2.05, 4.69) is 14.9 Å². The zero-order valence-electron chi connectivity index (χ0n) is 14.1. The van der Waals surface area contributed by atoms with Crippen LogP contribution in [0.15, 0.2) is 24.3 Å². The average molecular weight is 345 g/mol. The van der Waals surface area contributed by atoms with Crippen LogP contribution in [0, 0.1) is 0 Å². The Bertz CT molecular complexity index is 686. The van der Waals surface area contributed by atoms with Crippen molar-refractivity contribution in [1.82, 2.24) is 14.7 Å². The molecule has 128 valence electrons. The van der Waals surface area contributed by atoms with E-state index in [0.717, 1.165) is 30.2 Å². The molecule has 0 radical (unpaired) electrons. The standard InChI is InChI=1S/C19H25ClN4/c20-15-7-9-16(10-8-15)24-19-17(6-2-3-11-21-19)18(22-24)14-23-12-4-1-5-13-23/h7-10,21H,1-6,11-14H2. The number of nitrogens with one attached hydrogen (secondary N) is 1. The lowest BCUT2D eigenvalue weighted by molar-refractivity contribution is 0.217. The molecule has 4 rings (SSSR count). The molecule has 1 aromatic heterocycles. The maximum atomic E-state index is 6.05. The van der Waals surface area contributed by atoms with Gasteiger partial charge in [0, 0.05) is 23.7 Å². The van der Waals surface area contributed by atoms with Gasteiger partial charge in [0.1, 0.15) is 5.82 Å². The summed E-state index contributed by atoms with van der Waals surface area (Å²) >= 11 is 6.05. The van der Waals surface area contributed by atoms with E-state index < -0.39 is 0 Å². The highest BCUT2D eigenvalue weighted by Crippen LogP contribution is 2.29. The van der Waals surface area contributed by atoms with Crippen LogP contribution < -0.4 is 5.32 Å². The largest absolute Gasteiger partial charge is 0.370 e. The van der Waals surface area contributed by atoms with Gasteiger partial charge in [-0.2, -0.15) is 5.10 Å². The van der Waals surface area contributed by atoms with Gasteiger partial charge in [-0.3, -0.25) is 4.90 Å². The molecule has 0 atom stereocenters. The Morgan fingerprint density at radius 3 is 2.58 bits per heavy atom. The minimum atomic E-state index is 0.762. The van der Waals surface area contributed by atoms with Gasteiger partial charge in [0.15, 0.2) is 0 Å². The number of hydrogen-bond acceptors (Lipinski definition) is 3. The van der Waals surface area contributed by atoms with Crippen molar-refractivity contribution in [2.75, 3.05) is 25.0 Å². The summed E-state index contributed by atoms with van der Waals surface area (Å²) in [5, 5.41) is 9.37. The highest BCUT2D eigenvalue weighted by atomic mass is 35.5. The van der Waals surface area contributed by atoms with Crippen LogP contribution in [0.1, 0.15) is 43.4 Å². The van der Waals surface area contributed by atoms with E-state index in [0.29, 0.717) is 0 Å². The van der Waals surface area contributed by atoms with Gasteiger partial charge < -0.3 is 5.32 Å². The SMILES string of the molecule is Clc1ccc(-n2nc(CN3CCCCC3)c3c2NCCCC3)cc1. The van der Waals surface area contributed by atoms with Crippen molar-refractivity contribution in [2.24, 2.45) is 0 Å². The molecule has 2 aliphatic heterocycles. The first-order chi connectivity index (χ1) is 11.8.